The summed E-state index contributed by atoms with van der Waals surface area (Å²) in [7, 11) is 2.44. The number of quaternary nitrogens is 1. The molecule has 3 unspecified atom stereocenters. The maximum atomic E-state index is 4.94. The Hall–Kier alpha value is -0.385. The number of aromatic nitrogens is 1. The van der Waals surface area contributed by atoms with E-state index in [9.17, 15) is 0 Å². The minimum Gasteiger partial charge on any atom is -0.339 e. The molecule has 1 aromatic heterocycles. The van der Waals surface area contributed by atoms with E-state index in [1.165, 1.54) is 34.0 Å². The Morgan fingerprint density at radius 3 is 2.45 bits per heavy atom. The molecule has 2 fully saturated rings. The predicted octanol–water partition coefficient (Wildman–Crippen LogP) is 2.92. The summed E-state index contributed by atoms with van der Waals surface area (Å²) in [6, 6.07) is 23.0. The zero-order valence-electron chi connectivity index (χ0n) is 18.6. The van der Waals surface area contributed by atoms with Crippen molar-refractivity contribution >= 4 is 10.9 Å². The number of piperidine rings is 1. The van der Waals surface area contributed by atoms with Crippen molar-refractivity contribution < 1.29 is 62.7 Å². The molecule has 2 aromatic carbocycles. The number of likely N-dealkylation sites (N-methyl/N-ethyl adjacent to an activating group) is 1. The third kappa shape index (κ3) is 4.62. The van der Waals surface area contributed by atoms with Gasteiger partial charge in [0.25, 0.3) is 0 Å². The van der Waals surface area contributed by atoms with Crippen LogP contribution >= 0.6 is 0 Å². The van der Waals surface area contributed by atoms with E-state index in [1.54, 1.807) is 0 Å². The van der Waals surface area contributed by atoms with Crippen LogP contribution in [0.3, 0.4) is 0 Å². The molecule has 3 aromatic rings. The van der Waals surface area contributed by atoms with E-state index in [4.69, 9.17) is 4.98 Å². The molecule has 0 saturated carbocycles. The molecule has 0 N–H and O–H groups in total. The van der Waals surface area contributed by atoms with Crippen LogP contribution < -0.4 is 58.2 Å². The standard InChI is InChI=1S/C24H26N2.C2H6.Rb/c1-17-12-13-26(2)23(14-17)24(26)16-19-15-22(18-8-4-3-5-9-18)25-21-11-7-6-10-20(19)21;1-2;/h3-11,14-15,17,23-24H,12-13,16H2,1-2H3;1-2H3;/q;;+1/t17?,23-,24?,26?;;/m0../s1. The Balaban J connectivity index is 0.000000778. The van der Waals surface area contributed by atoms with Gasteiger partial charge >= 0.3 is 58.2 Å². The molecule has 2 aliphatic heterocycles. The molecule has 146 valence electrons. The second-order valence-corrected chi connectivity index (χ2v) is 8.34. The zero-order chi connectivity index (χ0) is 19.7. The fraction of sp³-hybridized carbons (Fsp3) is 0.385. The van der Waals surface area contributed by atoms with Gasteiger partial charge < -0.3 is 4.48 Å². The Kier molecular flexibility index (Phi) is 7.89. The van der Waals surface area contributed by atoms with Gasteiger partial charge in [-0.05, 0) is 24.1 Å². The van der Waals surface area contributed by atoms with Crippen molar-refractivity contribution in [3.05, 3.63) is 72.6 Å². The molecule has 0 radical (unpaired) electrons. The third-order valence-electron chi connectivity index (χ3n) is 6.64. The topological polar surface area (TPSA) is 12.9 Å². The molecule has 3 heteroatoms. The number of nitrogens with zero attached hydrogens (tertiary/aromatic N) is 2. The van der Waals surface area contributed by atoms with Crippen LogP contribution in [0.15, 0.2) is 60.7 Å². The monoisotopic (exact) mass is 457 g/mol. The normalized spacial score (nSPS) is 27.2. The molecule has 2 saturated heterocycles. The van der Waals surface area contributed by atoms with Crippen LogP contribution in [-0.4, -0.2) is 35.1 Å². The fourth-order valence-electron chi connectivity index (χ4n) is 4.89. The van der Waals surface area contributed by atoms with E-state index in [0.29, 0.717) is 0 Å². The largest absolute Gasteiger partial charge is 1.00 e. The molecule has 5 rings (SSSR count). The van der Waals surface area contributed by atoms with E-state index in [2.05, 4.69) is 81.1 Å². The first-order valence-corrected chi connectivity index (χ1v) is 10.8. The van der Waals surface area contributed by atoms with Crippen LogP contribution in [0.5, 0.6) is 0 Å². The second-order valence-electron chi connectivity index (χ2n) is 8.34. The van der Waals surface area contributed by atoms with Gasteiger partial charge in [-0.2, -0.15) is 5.92 Å². The Morgan fingerprint density at radius 2 is 1.72 bits per heavy atom. The summed E-state index contributed by atoms with van der Waals surface area (Å²) in [5.74, 6) is 0.769. The Bertz CT molecular complexity index is 955. The van der Waals surface area contributed by atoms with Crippen molar-refractivity contribution in [2.24, 2.45) is 5.92 Å². The fourth-order valence-corrected chi connectivity index (χ4v) is 4.89. The first-order valence-electron chi connectivity index (χ1n) is 10.8. The summed E-state index contributed by atoms with van der Waals surface area (Å²) < 4.78 is 1.24. The van der Waals surface area contributed by atoms with E-state index >= 15 is 0 Å². The minimum atomic E-state index is 0. The summed E-state index contributed by atoms with van der Waals surface area (Å²) in [4.78, 5) is 4.94. The van der Waals surface area contributed by atoms with Crippen molar-refractivity contribution in [2.45, 2.75) is 45.7 Å². The smallest absolute Gasteiger partial charge is 0.339 e. The van der Waals surface area contributed by atoms with Gasteiger partial charge in [0, 0.05) is 23.4 Å². The van der Waals surface area contributed by atoms with Crippen LogP contribution in [0.25, 0.3) is 22.2 Å². The molecule has 0 amide bonds. The Labute approximate surface area is 225 Å². The molecule has 0 aliphatic carbocycles. The average Bonchev–Trinajstić information content (AvgIpc) is 3.32. The van der Waals surface area contributed by atoms with Crippen LogP contribution in [-0.2, 0) is 6.42 Å². The van der Waals surface area contributed by atoms with Crippen LogP contribution in [0.4, 0.5) is 0 Å². The number of hydrogen-bond acceptors (Lipinski definition) is 1. The van der Waals surface area contributed by atoms with Gasteiger partial charge in [-0.15, -0.1) is 0 Å². The number of fused-ring (bicyclic) bond motifs is 2. The molecule has 2 aliphatic rings. The number of hydrogen-bond donors (Lipinski definition) is 0. The van der Waals surface area contributed by atoms with E-state index in [1.807, 2.05) is 13.8 Å². The molecule has 4 atom stereocenters. The molecule has 3 heterocycles. The van der Waals surface area contributed by atoms with Crippen LogP contribution in [0, 0.1) is 12.3 Å². The average molecular weight is 458 g/mol. The van der Waals surface area contributed by atoms with Gasteiger partial charge in [-0.1, -0.05) is 69.3 Å². The van der Waals surface area contributed by atoms with Crippen molar-refractivity contribution in [1.82, 2.24) is 4.98 Å². The molecular weight excluding hydrogens is 426 g/mol. The van der Waals surface area contributed by atoms with Gasteiger partial charge in [-0.25, -0.2) is 4.98 Å². The van der Waals surface area contributed by atoms with Gasteiger partial charge in [0.15, 0.2) is 0 Å². The molecular formula is C26H32N2Rb+. The van der Waals surface area contributed by atoms with Crippen LogP contribution in [0.2, 0.25) is 0 Å². The summed E-state index contributed by atoms with van der Waals surface area (Å²) >= 11 is 0. The van der Waals surface area contributed by atoms with Crippen LogP contribution in [0.1, 0.15) is 32.8 Å². The number of pyridine rings is 1. The first kappa shape index (κ1) is 23.3. The SMILES string of the molecule is CC.CC1[CH-][C@H]2C(Cc3cc(-c4ccccc4)nc4ccccc34)[N+]2(C)CC1.[Rb+]. The molecule has 2 nitrogen and oxygen atoms in total. The van der Waals surface area contributed by atoms with Gasteiger partial charge in [-0.3, -0.25) is 6.42 Å². The quantitative estimate of drug-likeness (QED) is 0.335. The Morgan fingerprint density at radius 1 is 1.03 bits per heavy atom. The van der Waals surface area contributed by atoms with Gasteiger partial charge in [0.1, 0.15) is 6.04 Å². The van der Waals surface area contributed by atoms with Crippen molar-refractivity contribution in [3.63, 3.8) is 0 Å². The zero-order valence-corrected chi connectivity index (χ0v) is 23.5. The third-order valence-corrected chi connectivity index (χ3v) is 6.64. The summed E-state index contributed by atoms with van der Waals surface area (Å²) in [6.07, 6.45) is 5.08. The maximum Gasteiger partial charge on any atom is 1.00 e. The van der Waals surface area contributed by atoms with Crippen molar-refractivity contribution in [2.75, 3.05) is 13.6 Å². The second kappa shape index (κ2) is 9.83. The summed E-state index contributed by atoms with van der Waals surface area (Å²) in [5, 5.41) is 1.32. The predicted molar refractivity (Wildman–Crippen MR) is 119 cm³/mol. The molecule has 29 heavy (non-hydrogen) atoms. The van der Waals surface area contributed by atoms with E-state index in [0.717, 1.165) is 35.6 Å². The summed E-state index contributed by atoms with van der Waals surface area (Å²) in [6.45, 7) is 7.69. The minimum absolute atomic E-state index is 0. The van der Waals surface area contributed by atoms with Gasteiger partial charge in [0.2, 0.25) is 0 Å². The number of rotatable bonds is 3. The first-order chi connectivity index (χ1) is 13.6. The van der Waals surface area contributed by atoms with E-state index < -0.39 is 0 Å². The maximum absolute atomic E-state index is 4.94. The van der Waals surface area contributed by atoms with E-state index in [-0.39, 0.29) is 58.2 Å². The number of para-hydroxylation sites is 1. The number of benzene rings is 2. The van der Waals surface area contributed by atoms with Crippen molar-refractivity contribution in [1.29, 1.82) is 0 Å². The molecule has 0 bridgehead atoms. The summed E-state index contributed by atoms with van der Waals surface area (Å²) in [5.41, 5.74) is 4.86. The van der Waals surface area contributed by atoms with Gasteiger partial charge in [0.05, 0.1) is 24.8 Å². The van der Waals surface area contributed by atoms with Crippen molar-refractivity contribution in [3.8, 4) is 11.3 Å². The molecule has 0 spiro atoms.